The van der Waals surface area contributed by atoms with E-state index in [4.69, 9.17) is 0 Å². The van der Waals surface area contributed by atoms with E-state index in [-0.39, 0.29) is 12.1 Å². The van der Waals surface area contributed by atoms with Gasteiger partial charge in [0.2, 0.25) is 0 Å². The van der Waals surface area contributed by atoms with Crippen LogP contribution >= 0.6 is 0 Å². The average molecular weight is 264 g/mol. The number of hydrogen-bond donors (Lipinski definition) is 2. The fourth-order valence-electron chi connectivity index (χ4n) is 2.42. The van der Waals surface area contributed by atoms with Gasteiger partial charge in [0.05, 0.1) is 6.61 Å². The fraction of sp³-hybridized carbons (Fsp3) is 0.625. The largest absolute Gasteiger partial charge is 0.394 e. The highest BCUT2D eigenvalue weighted by atomic mass is 16.3. The lowest BCUT2D eigenvalue weighted by atomic mass is 9.97. The predicted molar refractivity (Wildman–Crippen MR) is 82.8 cm³/mol. The van der Waals surface area contributed by atoms with Crippen molar-refractivity contribution >= 4 is 5.69 Å². The molecule has 19 heavy (non-hydrogen) atoms. The van der Waals surface area contributed by atoms with E-state index in [1.165, 1.54) is 11.3 Å². The van der Waals surface area contributed by atoms with Crippen molar-refractivity contribution in [3.8, 4) is 0 Å². The minimum atomic E-state index is -0.217. The van der Waals surface area contributed by atoms with Crippen LogP contribution in [0.2, 0.25) is 0 Å². The van der Waals surface area contributed by atoms with Crippen LogP contribution in [0.15, 0.2) is 24.3 Å². The monoisotopic (exact) mass is 264 g/mol. The van der Waals surface area contributed by atoms with Gasteiger partial charge in [-0.05, 0) is 31.9 Å². The quantitative estimate of drug-likeness (QED) is 0.794. The summed E-state index contributed by atoms with van der Waals surface area (Å²) in [6, 6.07) is 8.77. The lowest BCUT2D eigenvalue weighted by molar-refractivity contribution is 0.158. The Balaban J connectivity index is 2.62. The summed E-state index contributed by atoms with van der Waals surface area (Å²) >= 11 is 0. The Bertz CT molecular complexity index is 392. The molecule has 0 aliphatic carbocycles. The first-order valence-electron chi connectivity index (χ1n) is 7.03. The van der Waals surface area contributed by atoms with Gasteiger partial charge in [-0.3, -0.25) is 0 Å². The molecule has 0 aliphatic rings. The zero-order valence-electron chi connectivity index (χ0n) is 12.9. The number of nitrogens with zero attached hydrogens (tertiary/aromatic N) is 1. The molecule has 0 aromatic heterocycles. The topological polar surface area (TPSA) is 35.5 Å². The Hall–Kier alpha value is -1.06. The summed E-state index contributed by atoms with van der Waals surface area (Å²) in [5.41, 5.74) is 2.32. The Morgan fingerprint density at radius 2 is 1.95 bits per heavy atom. The molecule has 1 aromatic carbocycles. The highest BCUT2D eigenvalue weighted by Crippen LogP contribution is 2.20. The first-order chi connectivity index (χ1) is 8.88. The van der Waals surface area contributed by atoms with E-state index in [1.54, 1.807) is 0 Å². The molecule has 3 heteroatoms. The molecular formula is C16H28N2O. The minimum Gasteiger partial charge on any atom is -0.394 e. The number of hydrogen-bond acceptors (Lipinski definition) is 3. The van der Waals surface area contributed by atoms with Gasteiger partial charge in [-0.25, -0.2) is 0 Å². The second-order valence-electron chi connectivity index (χ2n) is 5.98. The zero-order valence-corrected chi connectivity index (χ0v) is 12.9. The first kappa shape index (κ1) is 16.0. The van der Waals surface area contributed by atoms with Crippen molar-refractivity contribution in [1.29, 1.82) is 0 Å². The second-order valence-corrected chi connectivity index (χ2v) is 5.98. The third-order valence-corrected chi connectivity index (χ3v) is 3.51. The van der Waals surface area contributed by atoms with Crippen LogP contribution in [0.1, 0.15) is 32.8 Å². The third-order valence-electron chi connectivity index (χ3n) is 3.51. The van der Waals surface area contributed by atoms with Crippen LogP contribution < -0.4 is 10.2 Å². The van der Waals surface area contributed by atoms with Crippen molar-refractivity contribution in [2.45, 2.75) is 45.7 Å². The standard InChI is InChI=1S/C16H28N2O/c1-13(2)17-16(4,12-19)10-11-18(5)15-9-7-6-8-14(15)3/h6-9,13,17,19H,10-12H2,1-5H3. The molecule has 0 saturated heterocycles. The van der Waals surface area contributed by atoms with Crippen molar-refractivity contribution in [3.63, 3.8) is 0 Å². The first-order valence-corrected chi connectivity index (χ1v) is 7.03. The normalized spacial score (nSPS) is 14.5. The maximum Gasteiger partial charge on any atom is 0.0611 e. The number of aliphatic hydroxyl groups is 1. The molecule has 0 aliphatic heterocycles. The number of nitrogens with one attached hydrogen (secondary N) is 1. The Labute approximate surface area is 117 Å². The van der Waals surface area contributed by atoms with Crippen molar-refractivity contribution in [2.24, 2.45) is 0 Å². The molecule has 3 nitrogen and oxygen atoms in total. The Kier molecular flexibility index (Phi) is 5.83. The van der Waals surface area contributed by atoms with Crippen LogP contribution in [0.3, 0.4) is 0 Å². The molecule has 2 N–H and O–H groups in total. The van der Waals surface area contributed by atoms with Crippen LogP contribution in [0.25, 0.3) is 0 Å². The van der Waals surface area contributed by atoms with E-state index >= 15 is 0 Å². The number of aryl methyl sites for hydroxylation is 1. The molecule has 0 heterocycles. The van der Waals surface area contributed by atoms with E-state index in [0.29, 0.717) is 6.04 Å². The summed E-state index contributed by atoms with van der Waals surface area (Å²) < 4.78 is 0. The van der Waals surface area contributed by atoms with Crippen LogP contribution in [-0.2, 0) is 0 Å². The predicted octanol–water partition coefficient (Wildman–Crippen LogP) is 2.57. The number of benzene rings is 1. The molecule has 0 amide bonds. The molecule has 0 fully saturated rings. The van der Waals surface area contributed by atoms with Gasteiger partial charge in [-0.1, -0.05) is 32.0 Å². The molecular weight excluding hydrogens is 236 g/mol. The van der Waals surface area contributed by atoms with Crippen LogP contribution in [0.5, 0.6) is 0 Å². The second kappa shape index (κ2) is 6.92. The smallest absolute Gasteiger partial charge is 0.0611 e. The van der Waals surface area contributed by atoms with Gasteiger partial charge in [0.1, 0.15) is 0 Å². The summed E-state index contributed by atoms with van der Waals surface area (Å²) in [6.45, 7) is 9.51. The molecule has 1 atom stereocenters. The summed E-state index contributed by atoms with van der Waals surface area (Å²) in [5.74, 6) is 0. The zero-order chi connectivity index (χ0) is 14.5. The highest BCUT2D eigenvalue weighted by Gasteiger charge is 2.24. The fourth-order valence-corrected chi connectivity index (χ4v) is 2.42. The molecule has 1 aromatic rings. The van der Waals surface area contributed by atoms with Gasteiger partial charge in [-0.2, -0.15) is 0 Å². The van der Waals surface area contributed by atoms with Crippen LogP contribution in [-0.4, -0.2) is 36.9 Å². The lowest BCUT2D eigenvalue weighted by Gasteiger charge is -2.33. The van der Waals surface area contributed by atoms with Gasteiger partial charge >= 0.3 is 0 Å². The van der Waals surface area contributed by atoms with Crippen LogP contribution in [0, 0.1) is 6.92 Å². The number of anilines is 1. The Morgan fingerprint density at radius 3 is 2.47 bits per heavy atom. The van der Waals surface area contributed by atoms with Gasteiger partial charge in [-0.15, -0.1) is 0 Å². The van der Waals surface area contributed by atoms with Crippen molar-refractivity contribution in [3.05, 3.63) is 29.8 Å². The summed E-state index contributed by atoms with van der Waals surface area (Å²) in [4.78, 5) is 2.26. The maximum atomic E-state index is 9.59. The van der Waals surface area contributed by atoms with E-state index in [0.717, 1.165) is 13.0 Å². The van der Waals surface area contributed by atoms with Crippen molar-refractivity contribution in [1.82, 2.24) is 5.32 Å². The number of para-hydroxylation sites is 1. The summed E-state index contributed by atoms with van der Waals surface area (Å²) in [7, 11) is 2.11. The average Bonchev–Trinajstić information content (AvgIpc) is 2.36. The van der Waals surface area contributed by atoms with Gasteiger partial charge < -0.3 is 15.3 Å². The number of rotatable bonds is 7. The van der Waals surface area contributed by atoms with Gasteiger partial charge in [0.15, 0.2) is 0 Å². The molecule has 0 radical (unpaired) electrons. The van der Waals surface area contributed by atoms with Gasteiger partial charge in [0.25, 0.3) is 0 Å². The molecule has 108 valence electrons. The highest BCUT2D eigenvalue weighted by molar-refractivity contribution is 5.52. The summed E-state index contributed by atoms with van der Waals surface area (Å²) in [5, 5.41) is 13.0. The third kappa shape index (κ3) is 4.84. The van der Waals surface area contributed by atoms with E-state index < -0.39 is 0 Å². The molecule has 0 bridgehead atoms. The van der Waals surface area contributed by atoms with E-state index in [9.17, 15) is 5.11 Å². The van der Waals surface area contributed by atoms with Gasteiger partial charge in [0, 0.05) is 30.9 Å². The van der Waals surface area contributed by atoms with Crippen LogP contribution in [0.4, 0.5) is 5.69 Å². The molecule has 1 rings (SSSR count). The Morgan fingerprint density at radius 1 is 1.32 bits per heavy atom. The lowest BCUT2D eigenvalue weighted by Crippen LogP contribution is -2.50. The van der Waals surface area contributed by atoms with Crippen molar-refractivity contribution in [2.75, 3.05) is 25.1 Å². The van der Waals surface area contributed by atoms with E-state index in [2.05, 4.69) is 69.2 Å². The maximum absolute atomic E-state index is 9.59. The SMILES string of the molecule is Cc1ccccc1N(C)CCC(C)(CO)NC(C)C. The molecule has 0 saturated carbocycles. The minimum absolute atomic E-state index is 0.160. The van der Waals surface area contributed by atoms with Crippen molar-refractivity contribution < 1.29 is 5.11 Å². The van der Waals surface area contributed by atoms with E-state index in [1.807, 2.05) is 0 Å². The molecule has 1 unspecified atom stereocenters. The molecule has 0 spiro atoms. The summed E-state index contributed by atoms with van der Waals surface area (Å²) in [6.07, 6.45) is 0.909. The number of aliphatic hydroxyl groups excluding tert-OH is 1.